The summed E-state index contributed by atoms with van der Waals surface area (Å²) >= 11 is 0. The molecule has 156 valence electrons. The first kappa shape index (κ1) is 19.2. The van der Waals surface area contributed by atoms with E-state index in [-0.39, 0.29) is 5.97 Å². The summed E-state index contributed by atoms with van der Waals surface area (Å²) in [4.78, 5) is 12.7. The van der Waals surface area contributed by atoms with Crippen LogP contribution >= 0.6 is 0 Å². The Kier molecular flexibility index (Phi) is 5.01. The van der Waals surface area contributed by atoms with E-state index >= 15 is 0 Å². The largest absolute Gasteiger partial charge is 0.476 e. The van der Waals surface area contributed by atoms with Crippen molar-refractivity contribution >= 4 is 16.9 Å². The molecule has 0 amide bonds. The van der Waals surface area contributed by atoms with Crippen molar-refractivity contribution in [1.82, 2.24) is 4.57 Å². The van der Waals surface area contributed by atoms with Gasteiger partial charge in [-0.05, 0) is 61.9 Å². The maximum Gasteiger partial charge on any atom is 0.349 e. The summed E-state index contributed by atoms with van der Waals surface area (Å²) in [5, 5.41) is 1.32. The summed E-state index contributed by atoms with van der Waals surface area (Å²) in [7, 11) is 0. The molecule has 1 aliphatic heterocycles. The first-order valence-electron chi connectivity index (χ1n) is 11.2. The Labute approximate surface area is 177 Å². The zero-order valence-corrected chi connectivity index (χ0v) is 17.8. The van der Waals surface area contributed by atoms with Gasteiger partial charge in [0.05, 0.1) is 18.8 Å². The third-order valence-corrected chi connectivity index (χ3v) is 6.58. The van der Waals surface area contributed by atoms with E-state index in [1.54, 1.807) is 0 Å². The van der Waals surface area contributed by atoms with Crippen LogP contribution in [0.2, 0.25) is 0 Å². The molecule has 4 heteroatoms. The van der Waals surface area contributed by atoms with Gasteiger partial charge in [0.2, 0.25) is 6.10 Å². The summed E-state index contributed by atoms with van der Waals surface area (Å²) in [6.07, 6.45) is 5.70. The average molecular weight is 404 g/mol. The van der Waals surface area contributed by atoms with Crippen LogP contribution in [0, 0.1) is 6.92 Å². The highest BCUT2D eigenvalue weighted by molar-refractivity contribution is 5.94. The van der Waals surface area contributed by atoms with Gasteiger partial charge in [0.1, 0.15) is 5.75 Å². The lowest BCUT2D eigenvalue weighted by Crippen LogP contribution is -2.33. The summed E-state index contributed by atoms with van der Waals surface area (Å²) in [6.45, 7) is 4.79. The number of hydrogen-bond acceptors (Lipinski definition) is 3. The Morgan fingerprint density at radius 2 is 1.93 bits per heavy atom. The zero-order chi connectivity index (χ0) is 20.7. The van der Waals surface area contributed by atoms with E-state index < -0.39 is 6.10 Å². The Balaban J connectivity index is 1.78. The Hall–Kier alpha value is -2.75. The highest BCUT2D eigenvalue weighted by Gasteiger charge is 2.34. The molecule has 0 spiro atoms. The molecule has 30 heavy (non-hydrogen) atoms. The van der Waals surface area contributed by atoms with Crippen LogP contribution in [-0.4, -0.2) is 23.2 Å². The lowest BCUT2D eigenvalue weighted by molar-refractivity contribution is -0.151. The second-order valence-electron chi connectivity index (χ2n) is 8.58. The van der Waals surface area contributed by atoms with Crippen molar-refractivity contribution in [3.8, 4) is 17.0 Å². The number of rotatable bonds is 3. The van der Waals surface area contributed by atoms with Gasteiger partial charge in [-0.15, -0.1) is 0 Å². The minimum atomic E-state index is -0.650. The van der Waals surface area contributed by atoms with E-state index in [0.717, 1.165) is 11.3 Å². The molecule has 2 aromatic carbocycles. The predicted molar refractivity (Wildman–Crippen MR) is 119 cm³/mol. The van der Waals surface area contributed by atoms with Crippen LogP contribution in [0.25, 0.3) is 22.2 Å². The SMILES string of the molecule is CCOC(=O)C1Cn2c(c(C3CCCCC3)c3ccc(C)cc32)-c2ccccc2O1. The third-order valence-electron chi connectivity index (χ3n) is 6.58. The van der Waals surface area contributed by atoms with Gasteiger partial charge in [-0.3, -0.25) is 0 Å². The lowest BCUT2D eigenvalue weighted by atomic mass is 9.81. The van der Waals surface area contributed by atoms with Gasteiger partial charge in [0.25, 0.3) is 0 Å². The number of esters is 1. The van der Waals surface area contributed by atoms with Crippen molar-refractivity contribution in [3.63, 3.8) is 0 Å². The van der Waals surface area contributed by atoms with Crippen molar-refractivity contribution in [1.29, 1.82) is 0 Å². The van der Waals surface area contributed by atoms with Gasteiger partial charge >= 0.3 is 5.97 Å². The van der Waals surface area contributed by atoms with Crippen molar-refractivity contribution in [3.05, 3.63) is 53.6 Å². The van der Waals surface area contributed by atoms with Gasteiger partial charge in [0.15, 0.2) is 0 Å². The molecule has 0 saturated heterocycles. The monoisotopic (exact) mass is 403 g/mol. The standard InChI is InChI=1S/C26H29NO3/c1-3-29-26(28)23-16-27-21-15-17(2)13-14-19(21)24(18-9-5-4-6-10-18)25(27)20-11-7-8-12-22(20)30-23/h7-8,11-15,18,23H,3-6,9-10,16H2,1-2H3. The van der Waals surface area contributed by atoms with Gasteiger partial charge in [-0.1, -0.05) is 43.5 Å². The summed E-state index contributed by atoms with van der Waals surface area (Å²) in [6, 6.07) is 14.9. The minimum absolute atomic E-state index is 0.297. The van der Waals surface area contributed by atoms with Crippen LogP contribution in [0.5, 0.6) is 5.75 Å². The molecular formula is C26H29NO3. The predicted octanol–water partition coefficient (Wildman–Crippen LogP) is 5.99. The van der Waals surface area contributed by atoms with Crippen LogP contribution in [0.15, 0.2) is 42.5 Å². The number of hydrogen-bond donors (Lipinski definition) is 0. The molecule has 5 rings (SSSR count). The number of carbonyl (C=O) groups excluding carboxylic acids is 1. The Morgan fingerprint density at radius 1 is 1.13 bits per heavy atom. The molecule has 2 aliphatic rings. The van der Waals surface area contributed by atoms with E-state index in [9.17, 15) is 4.79 Å². The molecule has 1 aromatic heterocycles. The fraction of sp³-hybridized carbons (Fsp3) is 0.423. The highest BCUT2D eigenvalue weighted by Crippen LogP contribution is 2.47. The smallest absolute Gasteiger partial charge is 0.349 e. The number of fused-ring (bicyclic) bond motifs is 5. The molecule has 1 atom stereocenters. The van der Waals surface area contributed by atoms with Crippen molar-refractivity contribution in [2.45, 2.75) is 64.5 Å². The second kappa shape index (κ2) is 7.82. The first-order valence-corrected chi connectivity index (χ1v) is 11.2. The molecule has 1 saturated carbocycles. The number of ether oxygens (including phenoxy) is 2. The van der Waals surface area contributed by atoms with Gasteiger partial charge < -0.3 is 14.0 Å². The molecule has 1 fully saturated rings. The zero-order valence-electron chi connectivity index (χ0n) is 17.8. The summed E-state index contributed by atoms with van der Waals surface area (Å²) in [5.41, 5.74) is 6.16. The van der Waals surface area contributed by atoms with Crippen LogP contribution in [-0.2, 0) is 16.1 Å². The highest BCUT2D eigenvalue weighted by atomic mass is 16.6. The fourth-order valence-electron chi connectivity index (χ4n) is 5.25. The topological polar surface area (TPSA) is 40.5 Å². The molecule has 4 nitrogen and oxygen atoms in total. The van der Waals surface area contributed by atoms with Crippen LogP contribution in [0.3, 0.4) is 0 Å². The number of aryl methyl sites for hydroxylation is 1. The lowest BCUT2D eigenvalue weighted by Gasteiger charge is -2.23. The van der Waals surface area contributed by atoms with Crippen molar-refractivity contribution in [2.75, 3.05) is 6.61 Å². The van der Waals surface area contributed by atoms with Gasteiger partial charge in [0, 0.05) is 16.5 Å². The number of carbonyl (C=O) groups is 1. The third kappa shape index (κ3) is 3.19. The van der Waals surface area contributed by atoms with Crippen LogP contribution < -0.4 is 4.74 Å². The van der Waals surface area contributed by atoms with E-state index in [1.807, 2.05) is 19.1 Å². The number of para-hydroxylation sites is 1. The molecule has 1 aliphatic carbocycles. The fourth-order valence-corrected chi connectivity index (χ4v) is 5.25. The average Bonchev–Trinajstić information content (AvgIpc) is 2.96. The van der Waals surface area contributed by atoms with Gasteiger partial charge in [-0.25, -0.2) is 4.79 Å². The van der Waals surface area contributed by atoms with E-state index in [4.69, 9.17) is 9.47 Å². The second-order valence-corrected chi connectivity index (χ2v) is 8.58. The molecule has 1 unspecified atom stereocenters. The van der Waals surface area contributed by atoms with Crippen molar-refractivity contribution < 1.29 is 14.3 Å². The molecule has 0 radical (unpaired) electrons. The number of benzene rings is 2. The molecule has 2 heterocycles. The summed E-state index contributed by atoms with van der Waals surface area (Å²) < 4.78 is 13.9. The first-order chi connectivity index (χ1) is 14.7. The Bertz CT molecular complexity index is 1090. The number of aromatic nitrogens is 1. The van der Waals surface area contributed by atoms with Crippen molar-refractivity contribution in [2.24, 2.45) is 0 Å². The minimum Gasteiger partial charge on any atom is -0.476 e. The van der Waals surface area contributed by atoms with E-state index in [1.165, 1.54) is 59.8 Å². The van der Waals surface area contributed by atoms with Crippen LogP contribution in [0.1, 0.15) is 56.1 Å². The molecule has 0 bridgehead atoms. The molecule has 0 N–H and O–H groups in total. The summed E-state index contributed by atoms with van der Waals surface area (Å²) in [5.74, 6) is 1.02. The Morgan fingerprint density at radius 3 is 2.73 bits per heavy atom. The quantitative estimate of drug-likeness (QED) is 0.505. The normalized spacial score (nSPS) is 18.9. The molecule has 3 aromatic rings. The van der Waals surface area contributed by atoms with Gasteiger partial charge in [-0.2, -0.15) is 0 Å². The number of nitrogens with zero attached hydrogens (tertiary/aromatic N) is 1. The van der Waals surface area contributed by atoms with E-state index in [2.05, 4.69) is 41.8 Å². The van der Waals surface area contributed by atoms with Crippen LogP contribution in [0.4, 0.5) is 0 Å². The molecular weight excluding hydrogens is 374 g/mol. The maximum atomic E-state index is 12.7. The maximum absolute atomic E-state index is 12.7. The van der Waals surface area contributed by atoms with E-state index in [0.29, 0.717) is 19.1 Å².